The topological polar surface area (TPSA) is 82.3 Å². The first-order valence-electron chi connectivity index (χ1n) is 12.9. The Kier molecular flexibility index (Phi) is 7.67. The zero-order valence-electron chi connectivity index (χ0n) is 22.0. The van der Waals surface area contributed by atoms with E-state index < -0.39 is 28.0 Å². The molecule has 0 aliphatic carbocycles. The van der Waals surface area contributed by atoms with Crippen LogP contribution in [0.5, 0.6) is 0 Å². The molecule has 12 heteroatoms. The van der Waals surface area contributed by atoms with Crippen molar-refractivity contribution in [1.82, 2.24) is 9.13 Å². The number of carbonyl (C=O) groups excluding carboxylic acids is 1. The van der Waals surface area contributed by atoms with Crippen LogP contribution in [0.2, 0.25) is 5.02 Å². The molecule has 1 fully saturated rings. The Morgan fingerprint density at radius 1 is 1.02 bits per heavy atom. The summed E-state index contributed by atoms with van der Waals surface area (Å²) >= 11 is 6.07. The molecule has 1 aromatic heterocycles. The molecule has 4 aromatic rings. The van der Waals surface area contributed by atoms with Crippen molar-refractivity contribution in [3.8, 4) is 5.69 Å². The number of nitrogens with one attached hydrogen (secondary N) is 1. The molecule has 3 aromatic carbocycles. The number of nitrogens with zero attached hydrogens (tertiary/aromatic N) is 3. The summed E-state index contributed by atoms with van der Waals surface area (Å²) < 4.78 is 41.2. The summed E-state index contributed by atoms with van der Waals surface area (Å²) in [7, 11) is 1.57. The van der Waals surface area contributed by atoms with Gasteiger partial charge in [-0.2, -0.15) is 13.2 Å². The van der Waals surface area contributed by atoms with Gasteiger partial charge in [-0.15, -0.1) is 4.65 Å². The molecule has 0 spiro atoms. The molecule has 0 atom stereocenters. The number of anilines is 1. The van der Waals surface area contributed by atoms with Gasteiger partial charge in [0.2, 0.25) is 0 Å². The minimum absolute atomic E-state index is 0.117. The Bertz CT molecular complexity index is 1710. The Hall–Kier alpha value is -4.09. The van der Waals surface area contributed by atoms with Gasteiger partial charge in [-0.3, -0.25) is 14.2 Å². The number of hydroxylamine groups is 3. The van der Waals surface area contributed by atoms with Crippen LogP contribution >= 0.6 is 11.6 Å². The van der Waals surface area contributed by atoms with Gasteiger partial charge in [-0.1, -0.05) is 48.0 Å². The van der Waals surface area contributed by atoms with Crippen molar-refractivity contribution in [2.45, 2.75) is 31.6 Å². The highest BCUT2D eigenvalue weighted by Gasteiger charge is 2.49. The summed E-state index contributed by atoms with van der Waals surface area (Å²) in [5.74, 6) is -2.21. The average Bonchev–Trinajstić information content (AvgIpc) is 2.93. The highest BCUT2D eigenvalue weighted by molar-refractivity contribution is 6.30. The van der Waals surface area contributed by atoms with Crippen molar-refractivity contribution in [3.63, 3.8) is 0 Å². The first-order chi connectivity index (χ1) is 19.5. The molecule has 214 valence electrons. The molecule has 0 unspecified atom stereocenters. The number of benzene rings is 3. The molecule has 1 aliphatic heterocycles. The number of halogens is 4. The standard InChI is InChI=1S/C29H26ClF3N4O4/c1-35-25-17-22(10-11-24(25)26(38)36(28(35)40)23-9-5-8-20(30)16-23)34-21-12-14-37(15-13-21,41-27(39)29(31,32)33)18-19-6-3-2-4-7-19/h2-11,16-17,21H,12-15,18H2,1H3/p+1. The molecule has 2 heterocycles. The number of aromatic nitrogens is 2. The first kappa shape index (κ1) is 28.4. The van der Waals surface area contributed by atoms with Crippen LogP contribution in [0.4, 0.5) is 18.9 Å². The normalized spacial score (nSPS) is 19.2. The van der Waals surface area contributed by atoms with Gasteiger partial charge >= 0.3 is 17.8 Å². The lowest BCUT2D eigenvalue weighted by molar-refractivity contribution is -1.10. The lowest BCUT2D eigenvalue weighted by Crippen LogP contribution is -2.56. The van der Waals surface area contributed by atoms with Crippen molar-refractivity contribution in [3.05, 3.63) is 104 Å². The third kappa shape index (κ3) is 6.01. The number of piperidine rings is 1. The highest BCUT2D eigenvalue weighted by atomic mass is 35.5. The number of rotatable bonds is 6. The van der Waals surface area contributed by atoms with Gasteiger partial charge < -0.3 is 5.32 Å². The van der Waals surface area contributed by atoms with Crippen LogP contribution in [0.15, 0.2) is 82.4 Å². The molecule has 5 rings (SSSR count). The number of likely N-dealkylation sites (tertiary alicyclic amines) is 1. The second-order valence-electron chi connectivity index (χ2n) is 10.1. The van der Waals surface area contributed by atoms with E-state index in [0.29, 0.717) is 40.1 Å². The van der Waals surface area contributed by atoms with E-state index in [1.54, 1.807) is 73.8 Å². The third-order valence-electron chi connectivity index (χ3n) is 7.30. The number of hydrogen-bond donors (Lipinski definition) is 1. The van der Waals surface area contributed by atoms with E-state index in [-0.39, 0.29) is 25.7 Å². The quantitative estimate of drug-likeness (QED) is 0.323. The molecular formula is C29H27ClF3N4O4+. The van der Waals surface area contributed by atoms with Crippen molar-refractivity contribution >= 4 is 34.2 Å². The Morgan fingerprint density at radius 2 is 1.73 bits per heavy atom. The molecule has 1 N–H and O–H groups in total. The van der Waals surface area contributed by atoms with E-state index in [1.165, 1.54) is 10.6 Å². The molecule has 1 saturated heterocycles. The monoisotopic (exact) mass is 587 g/mol. The number of fused-ring (bicyclic) bond motifs is 1. The Morgan fingerprint density at radius 3 is 2.39 bits per heavy atom. The molecule has 0 radical (unpaired) electrons. The summed E-state index contributed by atoms with van der Waals surface area (Å²) in [5.41, 5.74) is 1.17. The molecule has 0 bridgehead atoms. The van der Waals surface area contributed by atoms with Gasteiger partial charge in [-0.05, 0) is 36.4 Å². The van der Waals surface area contributed by atoms with E-state index in [4.69, 9.17) is 16.4 Å². The first-order valence-corrected chi connectivity index (χ1v) is 13.3. The molecular weight excluding hydrogens is 561 g/mol. The summed E-state index contributed by atoms with van der Waals surface area (Å²) in [6.07, 6.45) is -4.25. The van der Waals surface area contributed by atoms with Gasteiger partial charge in [0.1, 0.15) is 19.6 Å². The highest BCUT2D eigenvalue weighted by Crippen LogP contribution is 2.29. The summed E-state index contributed by atoms with van der Waals surface area (Å²) in [4.78, 5) is 43.3. The smallest absolute Gasteiger partial charge is 0.382 e. The fourth-order valence-electron chi connectivity index (χ4n) is 5.23. The van der Waals surface area contributed by atoms with Crippen molar-refractivity contribution in [2.24, 2.45) is 7.05 Å². The fourth-order valence-corrected chi connectivity index (χ4v) is 5.41. The summed E-state index contributed by atoms with van der Waals surface area (Å²) in [6.45, 7) is 0.460. The van der Waals surface area contributed by atoms with E-state index in [2.05, 4.69) is 5.32 Å². The number of carbonyl (C=O) groups is 1. The SMILES string of the molecule is Cn1c(=O)n(-c2cccc(Cl)c2)c(=O)c2ccc(NC3CC[N+](Cc4ccccc4)(OC(=O)C(F)(F)F)CC3)cc21. The Balaban J connectivity index is 1.37. The number of quaternary nitrogens is 1. The van der Waals surface area contributed by atoms with Gasteiger partial charge in [0, 0.05) is 42.2 Å². The summed E-state index contributed by atoms with van der Waals surface area (Å²) in [6, 6.07) is 20.3. The predicted octanol–water partition coefficient (Wildman–Crippen LogP) is 4.95. The average molecular weight is 588 g/mol. The van der Waals surface area contributed by atoms with Crippen LogP contribution in [-0.4, -0.2) is 45.1 Å². The molecule has 0 saturated carbocycles. The fraction of sp³-hybridized carbons (Fsp3) is 0.276. The number of alkyl halides is 3. The largest absolute Gasteiger partial charge is 0.497 e. The Labute approximate surface area is 237 Å². The maximum absolute atomic E-state index is 13.3. The van der Waals surface area contributed by atoms with Gasteiger partial charge in [-0.25, -0.2) is 14.2 Å². The van der Waals surface area contributed by atoms with E-state index in [1.807, 2.05) is 0 Å². The lowest BCUT2D eigenvalue weighted by Gasteiger charge is -2.40. The van der Waals surface area contributed by atoms with E-state index >= 15 is 0 Å². The zero-order valence-corrected chi connectivity index (χ0v) is 22.8. The van der Waals surface area contributed by atoms with Crippen LogP contribution in [0.1, 0.15) is 18.4 Å². The maximum Gasteiger partial charge on any atom is 0.497 e. The lowest BCUT2D eigenvalue weighted by atomic mass is 10.0. The minimum Gasteiger partial charge on any atom is -0.382 e. The second kappa shape index (κ2) is 11.1. The minimum atomic E-state index is -5.09. The number of hydrogen-bond acceptors (Lipinski definition) is 5. The maximum atomic E-state index is 13.3. The van der Waals surface area contributed by atoms with Crippen LogP contribution in [0, 0.1) is 0 Å². The van der Waals surface area contributed by atoms with Crippen molar-refractivity contribution < 1.29 is 27.4 Å². The van der Waals surface area contributed by atoms with Crippen LogP contribution in [0.25, 0.3) is 16.6 Å². The van der Waals surface area contributed by atoms with Gasteiger partial charge in [0.25, 0.3) is 5.56 Å². The second-order valence-corrected chi connectivity index (χ2v) is 10.6. The molecule has 41 heavy (non-hydrogen) atoms. The van der Waals surface area contributed by atoms with Crippen LogP contribution < -0.4 is 16.6 Å². The van der Waals surface area contributed by atoms with Crippen LogP contribution in [0.3, 0.4) is 0 Å². The molecule has 1 aliphatic rings. The number of aryl methyl sites for hydroxylation is 1. The predicted molar refractivity (Wildman–Crippen MR) is 149 cm³/mol. The van der Waals surface area contributed by atoms with E-state index in [9.17, 15) is 27.6 Å². The van der Waals surface area contributed by atoms with Crippen molar-refractivity contribution in [2.75, 3.05) is 18.4 Å². The molecule has 0 amide bonds. The van der Waals surface area contributed by atoms with Crippen LogP contribution in [-0.2, 0) is 23.2 Å². The van der Waals surface area contributed by atoms with Crippen molar-refractivity contribution in [1.29, 1.82) is 0 Å². The van der Waals surface area contributed by atoms with Gasteiger partial charge in [0.05, 0.1) is 16.6 Å². The van der Waals surface area contributed by atoms with E-state index in [0.717, 1.165) is 10.1 Å². The van der Waals surface area contributed by atoms with Gasteiger partial charge in [0.15, 0.2) is 0 Å². The zero-order chi connectivity index (χ0) is 29.4. The third-order valence-corrected chi connectivity index (χ3v) is 7.53. The summed E-state index contributed by atoms with van der Waals surface area (Å²) in [5, 5.41) is 4.09. The molecule has 8 nitrogen and oxygen atoms in total.